The van der Waals surface area contributed by atoms with E-state index < -0.39 is 11.7 Å². The lowest BCUT2D eigenvalue weighted by molar-refractivity contribution is -0.137. The topological polar surface area (TPSA) is 0 Å². The van der Waals surface area contributed by atoms with E-state index >= 15 is 0 Å². The van der Waals surface area contributed by atoms with Crippen molar-refractivity contribution in [3.63, 3.8) is 0 Å². The molecule has 0 amide bonds. The molecule has 94 valence electrons. The van der Waals surface area contributed by atoms with Gasteiger partial charge in [-0.05, 0) is 58.0 Å². The highest BCUT2D eigenvalue weighted by molar-refractivity contribution is 14.1. The van der Waals surface area contributed by atoms with E-state index in [1.165, 1.54) is 18.2 Å². The van der Waals surface area contributed by atoms with Gasteiger partial charge in [0, 0.05) is 3.57 Å². The predicted molar refractivity (Wildman–Crippen MR) is 69.6 cm³/mol. The van der Waals surface area contributed by atoms with Crippen molar-refractivity contribution in [3.8, 4) is 11.1 Å². The molecule has 0 fully saturated rings. The Morgan fingerprint density at radius 3 is 1.89 bits per heavy atom. The summed E-state index contributed by atoms with van der Waals surface area (Å²) in [6.07, 6.45) is -4.34. The Kier molecular flexibility index (Phi) is 3.61. The Bertz CT molecular complexity index is 558. The standard InChI is InChI=1S/C13H7F4I/c14-11-6-3-9(7-12(11)18)8-1-4-10(5-2-8)13(15,16)17/h1-7H. The minimum Gasteiger partial charge on any atom is -0.206 e. The molecule has 0 aromatic heterocycles. The fourth-order valence-electron chi connectivity index (χ4n) is 1.53. The fraction of sp³-hybridized carbons (Fsp3) is 0.0769. The molecule has 0 heterocycles. The molecule has 0 aliphatic rings. The molecule has 0 spiro atoms. The number of halogens is 5. The van der Waals surface area contributed by atoms with E-state index in [2.05, 4.69) is 0 Å². The third kappa shape index (κ3) is 2.82. The third-order valence-electron chi connectivity index (χ3n) is 2.47. The molecule has 0 saturated carbocycles. The van der Waals surface area contributed by atoms with Crippen LogP contribution >= 0.6 is 22.6 Å². The van der Waals surface area contributed by atoms with Crippen molar-refractivity contribution in [1.82, 2.24) is 0 Å². The number of hydrogen-bond donors (Lipinski definition) is 0. The van der Waals surface area contributed by atoms with Gasteiger partial charge < -0.3 is 0 Å². The SMILES string of the molecule is Fc1ccc(-c2ccc(C(F)(F)F)cc2)cc1I. The molecule has 0 radical (unpaired) electrons. The first kappa shape index (κ1) is 13.3. The molecule has 2 aromatic rings. The van der Waals surface area contributed by atoms with Crippen LogP contribution in [0.5, 0.6) is 0 Å². The second-order valence-corrected chi connectivity index (χ2v) is 4.87. The average Bonchev–Trinajstić information content (AvgIpc) is 2.32. The van der Waals surface area contributed by atoms with Crippen LogP contribution in [0.3, 0.4) is 0 Å². The van der Waals surface area contributed by atoms with E-state index in [0.29, 0.717) is 14.7 Å². The lowest BCUT2D eigenvalue weighted by Crippen LogP contribution is -2.03. The maximum atomic E-state index is 13.1. The van der Waals surface area contributed by atoms with Crippen LogP contribution in [0.1, 0.15) is 5.56 Å². The molecule has 0 unspecified atom stereocenters. The van der Waals surface area contributed by atoms with Crippen LogP contribution in [0.2, 0.25) is 0 Å². The maximum absolute atomic E-state index is 13.1. The van der Waals surface area contributed by atoms with Crippen molar-refractivity contribution < 1.29 is 17.6 Å². The normalized spacial score (nSPS) is 11.6. The fourth-order valence-corrected chi connectivity index (χ4v) is 2.04. The van der Waals surface area contributed by atoms with Gasteiger partial charge in [-0.3, -0.25) is 0 Å². The van der Waals surface area contributed by atoms with E-state index in [-0.39, 0.29) is 5.82 Å². The van der Waals surface area contributed by atoms with Gasteiger partial charge in [-0.25, -0.2) is 4.39 Å². The number of benzene rings is 2. The summed E-state index contributed by atoms with van der Waals surface area (Å²) < 4.78 is 50.7. The van der Waals surface area contributed by atoms with Crippen LogP contribution in [-0.2, 0) is 6.18 Å². The van der Waals surface area contributed by atoms with Gasteiger partial charge in [-0.15, -0.1) is 0 Å². The molecule has 5 heteroatoms. The highest BCUT2D eigenvalue weighted by atomic mass is 127. The monoisotopic (exact) mass is 366 g/mol. The van der Waals surface area contributed by atoms with Crippen molar-refractivity contribution in [2.24, 2.45) is 0 Å². The number of alkyl halides is 3. The first-order valence-electron chi connectivity index (χ1n) is 5.00. The molecule has 0 atom stereocenters. The first-order chi connectivity index (χ1) is 8.38. The van der Waals surface area contributed by atoms with Gasteiger partial charge >= 0.3 is 6.18 Å². The lowest BCUT2D eigenvalue weighted by atomic mass is 10.0. The highest BCUT2D eigenvalue weighted by Crippen LogP contribution is 2.31. The molecule has 0 saturated heterocycles. The Labute approximate surface area is 115 Å². The van der Waals surface area contributed by atoms with Gasteiger partial charge in [-0.2, -0.15) is 13.2 Å². The minimum atomic E-state index is -4.34. The Balaban J connectivity index is 2.37. The van der Waals surface area contributed by atoms with Crippen LogP contribution in [0.4, 0.5) is 17.6 Å². The molecule has 0 aliphatic heterocycles. The molecule has 2 rings (SSSR count). The highest BCUT2D eigenvalue weighted by Gasteiger charge is 2.29. The van der Waals surface area contributed by atoms with Crippen molar-refractivity contribution in [2.75, 3.05) is 0 Å². The van der Waals surface area contributed by atoms with Gasteiger partial charge in [0.15, 0.2) is 0 Å². The number of rotatable bonds is 1. The van der Waals surface area contributed by atoms with Crippen molar-refractivity contribution in [1.29, 1.82) is 0 Å². The van der Waals surface area contributed by atoms with Gasteiger partial charge in [0.05, 0.1) is 5.56 Å². The summed E-state index contributed by atoms with van der Waals surface area (Å²) in [7, 11) is 0. The van der Waals surface area contributed by atoms with Crippen molar-refractivity contribution in [3.05, 3.63) is 57.4 Å². The molecular weight excluding hydrogens is 359 g/mol. The second-order valence-electron chi connectivity index (χ2n) is 3.70. The lowest BCUT2D eigenvalue weighted by Gasteiger charge is -2.08. The van der Waals surface area contributed by atoms with E-state index in [4.69, 9.17) is 0 Å². The average molecular weight is 366 g/mol. The molecular formula is C13H7F4I. The first-order valence-corrected chi connectivity index (χ1v) is 6.08. The third-order valence-corrected chi connectivity index (χ3v) is 3.29. The van der Waals surface area contributed by atoms with E-state index in [1.54, 1.807) is 12.1 Å². The van der Waals surface area contributed by atoms with Gasteiger partial charge in [0.25, 0.3) is 0 Å². The largest absolute Gasteiger partial charge is 0.416 e. The summed E-state index contributed by atoms with van der Waals surface area (Å²) in [5.41, 5.74) is 0.624. The zero-order chi connectivity index (χ0) is 13.3. The van der Waals surface area contributed by atoms with Gasteiger partial charge in [0.2, 0.25) is 0 Å². The number of hydrogen-bond acceptors (Lipinski definition) is 0. The predicted octanol–water partition coefficient (Wildman–Crippen LogP) is 5.12. The van der Waals surface area contributed by atoms with Crippen molar-refractivity contribution in [2.45, 2.75) is 6.18 Å². The van der Waals surface area contributed by atoms with E-state index in [1.807, 2.05) is 22.6 Å². The molecule has 0 aliphatic carbocycles. The van der Waals surface area contributed by atoms with E-state index in [9.17, 15) is 17.6 Å². The van der Waals surface area contributed by atoms with Gasteiger partial charge in [-0.1, -0.05) is 18.2 Å². The summed E-state index contributed by atoms with van der Waals surface area (Å²) in [5.74, 6) is -0.341. The minimum absolute atomic E-state index is 0.341. The van der Waals surface area contributed by atoms with Crippen LogP contribution in [0, 0.1) is 9.39 Å². The van der Waals surface area contributed by atoms with Gasteiger partial charge in [0.1, 0.15) is 5.82 Å². The molecule has 0 bridgehead atoms. The maximum Gasteiger partial charge on any atom is 0.416 e. The summed E-state index contributed by atoms with van der Waals surface area (Å²) in [6, 6.07) is 9.24. The molecule has 18 heavy (non-hydrogen) atoms. The zero-order valence-electron chi connectivity index (χ0n) is 8.93. The smallest absolute Gasteiger partial charge is 0.206 e. The van der Waals surface area contributed by atoms with E-state index in [0.717, 1.165) is 12.1 Å². The molecule has 0 nitrogen and oxygen atoms in total. The second kappa shape index (κ2) is 4.87. The van der Waals surface area contributed by atoms with Crippen molar-refractivity contribution >= 4 is 22.6 Å². The van der Waals surface area contributed by atoms with Crippen LogP contribution < -0.4 is 0 Å². The summed E-state index contributed by atoms with van der Waals surface area (Å²) in [5, 5.41) is 0. The molecule has 0 N–H and O–H groups in total. The Hall–Kier alpha value is -1.11. The summed E-state index contributed by atoms with van der Waals surface area (Å²) in [6.45, 7) is 0. The Morgan fingerprint density at radius 2 is 1.39 bits per heavy atom. The summed E-state index contributed by atoms with van der Waals surface area (Å²) >= 11 is 1.84. The van der Waals surface area contributed by atoms with Crippen LogP contribution in [0.15, 0.2) is 42.5 Å². The molecule has 2 aromatic carbocycles. The summed E-state index contributed by atoms with van der Waals surface area (Å²) in [4.78, 5) is 0. The van der Waals surface area contributed by atoms with Crippen LogP contribution in [-0.4, -0.2) is 0 Å². The van der Waals surface area contributed by atoms with Crippen LogP contribution in [0.25, 0.3) is 11.1 Å². The Morgan fingerprint density at radius 1 is 0.833 bits per heavy atom. The zero-order valence-corrected chi connectivity index (χ0v) is 11.1. The quantitative estimate of drug-likeness (QED) is 0.486.